The first-order valence-electron chi connectivity index (χ1n) is 6.74. The number of hydrogen-bond donors (Lipinski definition) is 3. The highest BCUT2D eigenvalue weighted by Crippen LogP contribution is 2.17. The van der Waals surface area contributed by atoms with E-state index in [4.69, 9.17) is 0 Å². The zero-order valence-corrected chi connectivity index (χ0v) is 11.6. The van der Waals surface area contributed by atoms with E-state index in [1.807, 2.05) is 0 Å². The number of pyridine rings is 1. The third-order valence-corrected chi connectivity index (χ3v) is 3.36. The van der Waals surface area contributed by atoms with Gasteiger partial charge in [0.05, 0.1) is 0 Å². The van der Waals surface area contributed by atoms with Crippen LogP contribution in [0.4, 0.5) is 5.95 Å². The number of piperazine rings is 1. The third-order valence-electron chi connectivity index (χ3n) is 3.36. The minimum atomic E-state index is -0.148. The van der Waals surface area contributed by atoms with Crippen molar-refractivity contribution in [2.45, 2.75) is 25.9 Å². The zero-order chi connectivity index (χ0) is 14.1. The highest BCUT2D eigenvalue weighted by molar-refractivity contribution is 5.55. The Hall–Kier alpha value is -2.15. The second-order valence-corrected chi connectivity index (χ2v) is 5.30. The summed E-state index contributed by atoms with van der Waals surface area (Å²) in [4.78, 5) is 20.6. The average molecular weight is 274 g/mol. The second kappa shape index (κ2) is 5.09. The molecular weight excluding hydrogens is 256 g/mol. The quantitative estimate of drug-likeness (QED) is 0.735. The highest BCUT2D eigenvalue weighted by Gasteiger charge is 2.23. The van der Waals surface area contributed by atoms with E-state index in [-0.39, 0.29) is 5.56 Å². The van der Waals surface area contributed by atoms with Crippen molar-refractivity contribution in [2.75, 3.05) is 18.0 Å². The first kappa shape index (κ1) is 12.9. The molecule has 0 radical (unpaired) electrons. The lowest BCUT2D eigenvalue weighted by molar-refractivity contribution is 0.403. The molecule has 1 aliphatic rings. The van der Waals surface area contributed by atoms with Gasteiger partial charge in [-0.2, -0.15) is 4.98 Å². The minimum Gasteiger partial charge on any atom is -0.336 e. The van der Waals surface area contributed by atoms with Gasteiger partial charge in [-0.3, -0.25) is 9.89 Å². The van der Waals surface area contributed by atoms with Gasteiger partial charge in [0.25, 0.3) is 0 Å². The van der Waals surface area contributed by atoms with Gasteiger partial charge >= 0.3 is 0 Å². The van der Waals surface area contributed by atoms with Crippen molar-refractivity contribution < 1.29 is 0 Å². The van der Waals surface area contributed by atoms with Crippen molar-refractivity contribution in [3.05, 3.63) is 28.7 Å². The molecule has 0 amide bonds. The molecule has 2 atom stereocenters. The van der Waals surface area contributed by atoms with E-state index in [9.17, 15) is 4.79 Å². The Morgan fingerprint density at radius 2 is 2.05 bits per heavy atom. The van der Waals surface area contributed by atoms with Crippen molar-refractivity contribution in [2.24, 2.45) is 0 Å². The van der Waals surface area contributed by atoms with Gasteiger partial charge in [-0.1, -0.05) is 0 Å². The normalized spacial score (nSPS) is 23.0. The first-order chi connectivity index (χ1) is 9.61. The molecule has 1 aliphatic heterocycles. The molecule has 7 heteroatoms. The number of aromatic nitrogens is 4. The number of aromatic amines is 2. The minimum absolute atomic E-state index is 0.148. The Balaban J connectivity index is 1.85. The maximum absolute atomic E-state index is 11.3. The molecule has 2 aromatic rings. The average Bonchev–Trinajstić information content (AvgIpc) is 2.87. The maximum atomic E-state index is 11.3. The van der Waals surface area contributed by atoms with Crippen molar-refractivity contribution >= 4 is 5.95 Å². The van der Waals surface area contributed by atoms with Gasteiger partial charge in [-0.25, -0.2) is 0 Å². The Labute approximate surface area is 116 Å². The molecule has 0 spiro atoms. The van der Waals surface area contributed by atoms with E-state index in [0.717, 1.165) is 18.7 Å². The molecule has 20 heavy (non-hydrogen) atoms. The molecule has 2 aromatic heterocycles. The lowest BCUT2D eigenvalue weighted by atomic mass is 10.1. The predicted molar refractivity (Wildman–Crippen MR) is 76.7 cm³/mol. The molecule has 1 saturated heterocycles. The fourth-order valence-corrected chi connectivity index (χ4v) is 2.61. The van der Waals surface area contributed by atoms with Crippen LogP contribution < -0.4 is 15.8 Å². The van der Waals surface area contributed by atoms with Gasteiger partial charge in [-0.15, -0.1) is 5.10 Å². The van der Waals surface area contributed by atoms with Gasteiger partial charge in [0.1, 0.15) is 0 Å². The van der Waals surface area contributed by atoms with Crippen LogP contribution in [0.3, 0.4) is 0 Å². The van der Waals surface area contributed by atoms with Crippen LogP contribution >= 0.6 is 0 Å². The topological polar surface area (TPSA) is 89.7 Å². The van der Waals surface area contributed by atoms with Gasteiger partial charge in [0.2, 0.25) is 11.5 Å². The summed E-state index contributed by atoms with van der Waals surface area (Å²) in [5, 5.41) is 10.6. The molecule has 3 rings (SSSR count). The van der Waals surface area contributed by atoms with Crippen LogP contribution in [0.15, 0.2) is 23.1 Å². The number of anilines is 1. The summed E-state index contributed by atoms with van der Waals surface area (Å²) in [6.45, 7) is 6.04. The Kier molecular flexibility index (Phi) is 3.27. The van der Waals surface area contributed by atoms with Gasteiger partial charge in [-0.05, 0) is 19.9 Å². The standard InChI is InChI=1S/C13H18N6O/c1-8-6-19(7-9(2)15-8)13-16-12(17-18-13)10-3-4-14-11(20)5-10/h3-5,8-9,15H,6-7H2,1-2H3,(H,14,20)(H,16,17,18). The molecule has 1 fully saturated rings. The van der Waals surface area contributed by atoms with E-state index in [1.165, 1.54) is 6.07 Å². The fourth-order valence-electron chi connectivity index (χ4n) is 2.61. The summed E-state index contributed by atoms with van der Waals surface area (Å²) < 4.78 is 0. The summed E-state index contributed by atoms with van der Waals surface area (Å²) in [5.74, 6) is 1.30. The molecule has 0 aromatic carbocycles. The van der Waals surface area contributed by atoms with E-state index in [1.54, 1.807) is 12.3 Å². The number of nitrogens with zero attached hydrogens (tertiary/aromatic N) is 3. The third kappa shape index (κ3) is 2.57. The van der Waals surface area contributed by atoms with Gasteiger partial charge < -0.3 is 15.2 Å². The number of nitrogens with one attached hydrogen (secondary N) is 3. The highest BCUT2D eigenvalue weighted by atomic mass is 16.1. The number of rotatable bonds is 2. The summed E-state index contributed by atoms with van der Waals surface area (Å²) in [6, 6.07) is 4.11. The van der Waals surface area contributed by atoms with Crippen molar-refractivity contribution in [1.82, 2.24) is 25.5 Å². The van der Waals surface area contributed by atoms with Crippen molar-refractivity contribution in [3.63, 3.8) is 0 Å². The number of hydrogen-bond acceptors (Lipinski definition) is 5. The SMILES string of the molecule is CC1CN(c2n[nH]c(-c3cc[nH]c(=O)c3)n2)CC(C)N1. The molecule has 106 valence electrons. The monoisotopic (exact) mass is 274 g/mol. The molecule has 2 unspecified atom stereocenters. The van der Waals surface area contributed by atoms with E-state index >= 15 is 0 Å². The summed E-state index contributed by atoms with van der Waals surface area (Å²) in [6.07, 6.45) is 1.61. The molecule has 0 aliphatic carbocycles. The van der Waals surface area contributed by atoms with Gasteiger partial charge in [0, 0.05) is 43.0 Å². The van der Waals surface area contributed by atoms with Crippen LogP contribution in [0, 0.1) is 0 Å². The van der Waals surface area contributed by atoms with Crippen molar-refractivity contribution in [1.29, 1.82) is 0 Å². The fraction of sp³-hybridized carbons (Fsp3) is 0.462. The van der Waals surface area contributed by atoms with Crippen molar-refractivity contribution in [3.8, 4) is 11.4 Å². The lowest BCUT2D eigenvalue weighted by Gasteiger charge is -2.35. The Morgan fingerprint density at radius 1 is 1.30 bits per heavy atom. The molecule has 3 N–H and O–H groups in total. The molecule has 7 nitrogen and oxygen atoms in total. The summed E-state index contributed by atoms with van der Waals surface area (Å²) in [5.41, 5.74) is 0.591. The summed E-state index contributed by atoms with van der Waals surface area (Å²) in [7, 11) is 0. The molecule has 0 bridgehead atoms. The van der Waals surface area contributed by atoms with Crippen LogP contribution in [-0.4, -0.2) is 45.3 Å². The second-order valence-electron chi connectivity index (χ2n) is 5.30. The first-order valence-corrected chi connectivity index (χ1v) is 6.74. The van der Waals surface area contributed by atoms with Crippen LogP contribution in [-0.2, 0) is 0 Å². The van der Waals surface area contributed by atoms with Crippen LogP contribution in [0.2, 0.25) is 0 Å². The number of H-pyrrole nitrogens is 2. The van der Waals surface area contributed by atoms with E-state index < -0.39 is 0 Å². The maximum Gasteiger partial charge on any atom is 0.248 e. The van der Waals surface area contributed by atoms with Crippen LogP contribution in [0.5, 0.6) is 0 Å². The smallest absolute Gasteiger partial charge is 0.248 e. The Morgan fingerprint density at radius 3 is 2.75 bits per heavy atom. The van der Waals surface area contributed by atoms with Gasteiger partial charge in [0.15, 0.2) is 5.82 Å². The molecular formula is C13H18N6O. The summed E-state index contributed by atoms with van der Waals surface area (Å²) >= 11 is 0. The zero-order valence-electron chi connectivity index (χ0n) is 11.6. The van der Waals surface area contributed by atoms with E-state index in [0.29, 0.717) is 23.9 Å². The molecule has 3 heterocycles. The molecule has 0 saturated carbocycles. The van der Waals surface area contributed by atoms with Crippen LogP contribution in [0.25, 0.3) is 11.4 Å². The van der Waals surface area contributed by atoms with Crippen LogP contribution in [0.1, 0.15) is 13.8 Å². The largest absolute Gasteiger partial charge is 0.336 e. The Bertz CT molecular complexity index is 638. The van der Waals surface area contributed by atoms with E-state index in [2.05, 4.69) is 44.2 Å². The lowest BCUT2D eigenvalue weighted by Crippen LogP contribution is -2.54. The predicted octanol–water partition coefficient (Wildman–Crippen LogP) is 0.347.